The summed E-state index contributed by atoms with van der Waals surface area (Å²) in [5, 5.41) is 5.90. The number of rotatable bonds is 2. The molecule has 2 heteroatoms. The van der Waals surface area contributed by atoms with Gasteiger partial charge in [0.25, 0.3) is 0 Å². The van der Waals surface area contributed by atoms with Crippen molar-refractivity contribution in [3.63, 3.8) is 0 Å². The molecular formula is C16H19NS. The summed E-state index contributed by atoms with van der Waals surface area (Å²) in [6.07, 6.45) is 1.17. The molecule has 0 bridgehead atoms. The maximum atomic E-state index is 3.68. The number of thiophene rings is 1. The first-order valence-corrected chi connectivity index (χ1v) is 7.54. The van der Waals surface area contributed by atoms with Gasteiger partial charge in [0.2, 0.25) is 0 Å². The Morgan fingerprint density at radius 1 is 1.17 bits per heavy atom. The fourth-order valence-corrected chi connectivity index (χ4v) is 3.75. The lowest BCUT2D eigenvalue weighted by atomic mass is 9.88. The second-order valence-electron chi connectivity index (χ2n) is 5.22. The summed E-state index contributed by atoms with van der Waals surface area (Å²) in [7, 11) is 0. The lowest BCUT2D eigenvalue weighted by Gasteiger charge is -2.27. The quantitative estimate of drug-likeness (QED) is 0.854. The molecule has 3 rings (SSSR count). The summed E-state index contributed by atoms with van der Waals surface area (Å²) in [6.45, 7) is 5.64. The highest BCUT2D eigenvalue weighted by atomic mass is 32.1. The summed E-state index contributed by atoms with van der Waals surface area (Å²) >= 11 is 1.90. The van der Waals surface area contributed by atoms with Crippen molar-refractivity contribution in [2.24, 2.45) is 0 Å². The predicted octanol–water partition coefficient (Wildman–Crippen LogP) is 4.11. The van der Waals surface area contributed by atoms with Crippen LogP contribution in [-0.2, 0) is 6.42 Å². The maximum Gasteiger partial charge on any atom is 0.0590 e. The zero-order valence-corrected chi connectivity index (χ0v) is 11.8. The van der Waals surface area contributed by atoms with Crippen molar-refractivity contribution in [3.8, 4) is 0 Å². The lowest BCUT2D eigenvalue weighted by Crippen LogP contribution is -2.30. The third-order valence-corrected chi connectivity index (χ3v) is 4.72. The van der Waals surface area contributed by atoms with E-state index < -0.39 is 0 Å². The molecule has 1 atom stereocenters. The van der Waals surface area contributed by atoms with Gasteiger partial charge >= 0.3 is 0 Å². The molecule has 18 heavy (non-hydrogen) atoms. The van der Waals surface area contributed by atoms with E-state index in [1.165, 1.54) is 23.1 Å². The van der Waals surface area contributed by atoms with Crippen LogP contribution in [0, 0.1) is 0 Å². The highest BCUT2D eigenvalue weighted by Gasteiger charge is 2.24. The Balaban J connectivity index is 2.07. The third kappa shape index (κ3) is 2.00. The molecule has 1 aromatic heterocycles. The highest BCUT2D eigenvalue weighted by molar-refractivity contribution is 7.10. The number of benzene rings is 1. The molecule has 2 aromatic rings. The minimum atomic E-state index is 0.388. The molecule has 94 valence electrons. The van der Waals surface area contributed by atoms with Gasteiger partial charge in [-0.1, -0.05) is 38.1 Å². The van der Waals surface area contributed by atoms with Crippen LogP contribution in [0.3, 0.4) is 0 Å². The summed E-state index contributed by atoms with van der Waals surface area (Å²) in [4.78, 5) is 1.55. The van der Waals surface area contributed by atoms with Gasteiger partial charge in [0.1, 0.15) is 0 Å². The summed E-state index contributed by atoms with van der Waals surface area (Å²) in [5.41, 5.74) is 4.40. The van der Waals surface area contributed by atoms with Crippen molar-refractivity contribution in [2.45, 2.75) is 32.2 Å². The molecule has 1 N–H and O–H groups in total. The first kappa shape index (κ1) is 11.9. The molecule has 0 spiro atoms. The van der Waals surface area contributed by atoms with Crippen molar-refractivity contribution >= 4 is 11.3 Å². The zero-order valence-electron chi connectivity index (χ0n) is 10.9. The Hall–Kier alpha value is -1.12. The monoisotopic (exact) mass is 257 g/mol. The van der Waals surface area contributed by atoms with Crippen LogP contribution in [-0.4, -0.2) is 6.54 Å². The van der Waals surface area contributed by atoms with Gasteiger partial charge in [-0.3, -0.25) is 0 Å². The van der Waals surface area contributed by atoms with E-state index in [1.54, 1.807) is 4.88 Å². The summed E-state index contributed by atoms with van der Waals surface area (Å²) in [5.74, 6) is 0.576. The average molecular weight is 257 g/mol. The van der Waals surface area contributed by atoms with Crippen LogP contribution in [0.25, 0.3) is 0 Å². The molecule has 1 nitrogen and oxygen atoms in total. The van der Waals surface area contributed by atoms with E-state index in [2.05, 4.69) is 54.9 Å². The zero-order chi connectivity index (χ0) is 12.5. The van der Waals surface area contributed by atoms with Crippen molar-refractivity contribution in [2.75, 3.05) is 6.54 Å². The van der Waals surface area contributed by atoms with Gasteiger partial charge in [0, 0.05) is 11.4 Å². The highest BCUT2D eigenvalue weighted by Crippen LogP contribution is 2.35. The van der Waals surface area contributed by atoms with Gasteiger partial charge in [-0.2, -0.15) is 0 Å². The predicted molar refractivity (Wildman–Crippen MR) is 78.4 cm³/mol. The fourth-order valence-electron chi connectivity index (χ4n) is 2.83. The Morgan fingerprint density at radius 3 is 2.83 bits per heavy atom. The largest absolute Gasteiger partial charge is 0.306 e. The smallest absolute Gasteiger partial charge is 0.0590 e. The van der Waals surface area contributed by atoms with Gasteiger partial charge in [-0.05, 0) is 40.5 Å². The average Bonchev–Trinajstić information content (AvgIpc) is 2.86. The molecule has 2 heterocycles. The Kier molecular flexibility index (Phi) is 3.23. The van der Waals surface area contributed by atoms with E-state index in [-0.39, 0.29) is 0 Å². The molecule has 0 radical (unpaired) electrons. The second-order valence-corrected chi connectivity index (χ2v) is 6.22. The Morgan fingerprint density at radius 2 is 2.00 bits per heavy atom. The van der Waals surface area contributed by atoms with Crippen molar-refractivity contribution in [1.82, 2.24) is 5.32 Å². The molecule has 0 aliphatic carbocycles. The molecule has 0 saturated heterocycles. The standard InChI is InChI=1S/C16H19NS/c1-11(2)12-5-3-4-6-13(12)16-14-8-10-18-15(14)7-9-17-16/h3-6,8,10-11,16-17H,7,9H2,1-2H3. The normalized spacial score (nSPS) is 18.9. The van der Waals surface area contributed by atoms with Gasteiger partial charge in [-0.25, -0.2) is 0 Å². The van der Waals surface area contributed by atoms with Crippen LogP contribution < -0.4 is 5.32 Å². The first-order chi connectivity index (χ1) is 8.77. The van der Waals surface area contributed by atoms with Crippen LogP contribution in [0.15, 0.2) is 35.7 Å². The number of hydrogen-bond donors (Lipinski definition) is 1. The summed E-state index contributed by atoms with van der Waals surface area (Å²) in [6, 6.07) is 11.5. The van der Waals surface area contributed by atoms with Crippen LogP contribution in [0.2, 0.25) is 0 Å². The lowest BCUT2D eigenvalue weighted by molar-refractivity contribution is 0.568. The van der Waals surface area contributed by atoms with Gasteiger partial charge in [-0.15, -0.1) is 11.3 Å². The Labute approximate surface area is 113 Å². The minimum Gasteiger partial charge on any atom is -0.306 e. The van der Waals surface area contributed by atoms with E-state index in [1.807, 2.05) is 11.3 Å². The van der Waals surface area contributed by atoms with E-state index >= 15 is 0 Å². The van der Waals surface area contributed by atoms with Gasteiger partial charge < -0.3 is 5.32 Å². The maximum absolute atomic E-state index is 3.68. The first-order valence-electron chi connectivity index (χ1n) is 6.66. The minimum absolute atomic E-state index is 0.388. The molecule has 0 saturated carbocycles. The fraction of sp³-hybridized carbons (Fsp3) is 0.375. The van der Waals surface area contributed by atoms with E-state index in [0.29, 0.717) is 12.0 Å². The molecular weight excluding hydrogens is 238 g/mol. The van der Waals surface area contributed by atoms with E-state index in [4.69, 9.17) is 0 Å². The van der Waals surface area contributed by atoms with E-state index in [9.17, 15) is 0 Å². The second kappa shape index (κ2) is 4.87. The van der Waals surface area contributed by atoms with Gasteiger partial charge in [0.05, 0.1) is 6.04 Å². The molecule has 1 unspecified atom stereocenters. The van der Waals surface area contributed by atoms with Gasteiger partial charge in [0.15, 0.2) is 0 Å². The Bertz CT molecular complexity index is 542. The number of fused-ring (bicyclic) bond motifs is 1. The van der Waals surface area contributed by atoms with Crippen molar-refractivity contribution in [1.29, 1.82) is 0 Å². The SMILES string of the molecule is CC(C)c1ccccc1C1NCCc2sccc21. The van der Waals surface area contributed by atoms with Crippen LogP contribution in [0.4, 0.5) is 0 Å². The molecule has 1 aliphatic heterocycles. The van der Waals surface area contributed by atoms with Crippen molar-refractivity contribution in [3.05, 3.63) is 57.3 Å². The van der Waals surface area contributed by atoms with E-state index in [0.717, 1.165) is 6.54 Å². The van der Waals surface area contributed by atoms with Crippen LogP contribution in [0.1, 0.15) is 47.4 Å². The number of hydrogen-bond acceptors (Lipinski definition) is 2. The van der Waals surface area contributed by atoms with Crippen LogP contribution >= 0.6 is 11.3 Å². The molecule has 1 aliphatic rings. The molecule has 0 fully saturated rings. The van der Waals surface area contributed by atoms with Crippen LogP contribution in [0.5, 0.6) is 0 Å². The third-order valence-electron chi connectivity index (χ3n) is 3.72. The van der Waals surface area contributed by atoms with Crippen molar-refractivity contribution < 1.29 is 0 Å². The summed E-state index contributed by atoms with van der Waals surface area (Å²) < 4.78 is 0. The number of nitrogens with one attached hydrogen (secondary N) is 1. The molecule has 1 aromatic carbocycles. The molecule has 0 amide bonds. The topological polar surface area (TPSA) is 12.0 Å².